The molecule has 1 amide bonds. The van der Waals surface area contributed by atoms with Gasteiger partial charge in [0.15, 0.2) is 11.5 Å². The second-order valence-corrected chi connectivity index (χ2v) is 10.0. The van der Waals surface area contributed by atoms with Crippen LogP contribution in [0.2, 0.25) is 5.02 Å². The molecule has 0 aliphatic carbocycles. The molecule has 0 radical (unpaired) electrons. The molecular weight excluding hydrogens is 481 g/mol. The fraction of sp³-hybridized carbons (Fsp3) is 0.458. The van der Waals surface area contributed by atoms with Gasteiger partial charge in [0, 0.05) is 34.8 Å². The third kappa shape index (κ3) is 6.30. The first-order valence-electron chi connectivity index (χ1n) is 11.2. The van der Waals surface area contributed by atoms with Crippen molar-refractivity contribution in [2.75, 3.05) is 25.7 Å². The third-order valence-corrected chi connectivity index (χ3v) is 5.99. The fourth-order valence-corrected chi connectivity index (χ4v) is 4.52. The van der Waals surface area contributed by atoms with Crippen LogP contribution < -0.4 is 65.9 Å². The van der Waals surface area contributed by atoms with Gasteiger partial charge in [-0.3, -0.25) is 4.79 Å². The van der Waals surface area contributed by atoms with Gasteiger partial charge in [0.25, 0.3) is 5.91 Å². The molecule has 2 aromatic carbocycles. The van der Waals surface area contributed by atoms with Gasteiger partial charge < -0.3 is 19.1 Å². The molecule has 2 heterocycles. The van der Waals surface area contributed by atoms with Gasteiger partial charge >= 0.3 is 29.6 Å². The van der Waals surface area contributed by atoms with Crippen LogP contribution in [0.25, 0.3) is 0 Å². The van der Waals surface area contributed by atoms with E-state index in [1.54, 1.807) is 20.3 Å². The first-order valence-corrected chi connectivity index (χ1v) is 11.6. The van der Waals surface area contributed by atoms with Crippen molar-refractivity contribution in [2.24, 2.45) is 5.41 Å². The number of ether oxygens (including phenoxy) is 3. The average molecular weight is 513 g/mol. The Bertz CT molecular complexity index is 1050. The number of amides is 1. The Hall–Kier alpha value is -1.40. The zero-order chi connectivity index (χ0) is 24.5. The topological polar surface area (TPSA) is 96.1 Å². The molecule has 35 heavy (non-hydrogen) atoms. The number of rotatable bonds is 6. The number of halogens is 1. The van der Waals surface area contributed by atoms with Gasteiger partial charge in [0.1, 0.15) is 12.2 Å². The Morgan fingerprint density at radius 3 is 2.40 bits per heavy atom. The van der Waals surface area contributed by atoms with E-state index in [9.17, 15) is 4.79 Å². The fourth-order valence-electron chi connectivity index (χ4n) is 4.34. The molecule has 2 aliphatic heterocycles. The summed E-state index contributed by atoms with van der Waals surface area (Å²) in [4.78, 5) is 15.7. The SMILES string of the molecule is COc1cccc([C@H]2O[C@H](CC3NNNN3)C(=O)N(CC(C)(C)C)c3ccc(Cl)cc32)c1OC.[Na+]. The number of hydrogen-bond acceptors (Lipinski definition) is 8. The van der Waals surface area contributed by atoms with Gasteiger partial charge in [-0.2, -0.15) is 11.1 Å². The number of anilines is 1. The molecule has 4 rings (SSSR count). The van der Waals surface area contributed by atoms with Crippen molar-refractivity contribution in [3.05, 3.63) is 52.5 Å². The van der Waals surface area contributed by atoms with E-state index in [1.807, 2.05) is 35.2 Å². The van der Waals surface area contributed by atoms with Crippen molar-refractivity contribution < 1.29 is 48.6 Å². The standard InChI is InChI=1S/C24H32ClN5O4.Na/c1-24(2,3)13-30-17-10-9-14(25)11-16(17)21(15-7-6-8-18(32-4)22(15)33-5)34-19(23(30)31)12-20-26-28-29-27-20;/h6-11,19-21,26-29H,12-13H2,1-5H3;/q;+1/t19-,21-;/m1./s1. The number of nitrogens with zero attached hydrogens (tertiary/aromatic N) is 1. The van der Waals surface area contributed by atoms with Crippen LogP contribution in [0.1, 0.15) is 44.4 Å². The van der Waals surface area contributed by atoms with Crippen LogP contribution in [0.5, 0.6) is 11.5 Å². The van der Waals surface area contributed by atoms with Crippen LogP contribution in [-0.2, 0) is 9.53 Å². The van der Waals surface area contributed by atoms with Crippen LogP contribution in [0.15, 0.2) is 36.4 Å². The summed E-state index contributed by atoms with van der Waals surface area (Å²) in [6.45, 7) is 6.83. The Morgan fingerprint density at radius 2 is 1.77 bits per heavy atom. The first kappa shape index (κ1) is 28.2. The van der Waals surface area contributed by atoms with Gasteiger partial charge in [-0.05, 0) is 29.7 Å². The zero-order valence-electron chi connectivity index (χ0n) is 21.1. The number of carbonyl (C=O) groups excluding carboxylic acids is 1. The molecule has 0 saturated carbocycles. The predicted octanol–water partition coefficient (Wildman–Crippen LogP) is 0.0617. The van der Waals surface area contributed by atoms with Crippen LogP contribution in [0.4, 0.5) is 5.69 Å². The summed E-state index contributed by atoms with van der Waals surface area (Å²) in [5.74, 6) is 1.02. The van der Waals surface area contributed by atoms with Gasteiger partial charge in [-0.15, -0.1) is 0 Å². The predicted molar refractivity (Wildman–Crippen MR) is 130 cm³/mol. The van der Waals surface area contributed by atoms with Crippen molar-refractivity contribution in [2.45, 2.75) is 45.6 Å². The Kier molecular flexibility index (Phi) is 9.47. The number of methoxy groups -OCH3 is 2. The van der Waals surface area contributed by atoms with E-state index >= 15 is 0 Å². The van der Waals surface area contributed by atoms with Crippen molar-refractivity contribution in [3.8, 4) is 11.5 Å². The van der Waals surface area contributed by atoms with Gasteiger partial charge in [-0.25, -0.2) is 10.9 Å². The molecule has 0 spiro atoms. The van der Waals surface area contributed by atoms with Gasteiger partial charge in [0.05, 0.1) is 20.4 Å². The Labute approximate surface area is 233 Å². The number of benzene rings is 2. The number of nitrogens with one attached hydrogen (secondary N) is 4. The summed E-state index contributed by atoms with van der Waals surface area (Å²) in [5.41, 5.74) is 13.9. The molecule has 184 valence electrons. The summed E-state index contributed by atoms with van der Waals surface area (Å²) in [6.07, 6.45) is -1.20. The summed E-state index contributed by atoms with van der Waals surface area (Å²) in [7, 11) is 3.18. The molecule has 2 atom stereocenters. The largest absolute Gasteiger partial charge is 1.00 e. The molecule has 9 nitrogen and oxygen atoms in total. The maximum atomic E-state index is 13.9. The Morgan fingerprint density at radius 1 is 1.06 bits per heavy atom. The van der Waals surface area contributed by atoms with Gasteiger partial charge in [-0.1, -0.05) is 44.5 Å². The van der Waals surface area contributed by atoms with E-state index in [2.05, 4.69) is 42.7 Å². The number of hydrogen-bond donors (Lipinski definition) is 4. The van der Waals surface area contributed by atoms with Crippen LogP contribution in [0, 0.1) is 5.41 Å². The molecule has 0 bridgehead atoms. The van der Waals surface area contributed by atoms with E-state index in [1.165, 1.54) is 0 Å². The molecule has 0 unspecified atom stereocenters. The monoisotopic (exact) mass is 512 g/mol. The molecule has 11 heteroatoms. The number of fused-ring (bicyclic) bond motifs is 1. The average Bonchev–Trinajstić information content (AvgIpc) is 3.28. The smallest absolute Gasteiger partial charge is 0.493 e. The van der Waals surface area contributed by atoms with Crippen LogP contribution in [-0.4, -0.2) is 38.9 Å². The minimum absolute atomic E-state index is 0. The number of hydrazine groups is 3. The molecule has 4 N–H and O–H groups in total. The van der Waals surface area contributed by atoms with Gasteiger partial charge in [0.2, 0.25) is 0 Å². The van der Waals surface area contributed by atoms with E-state index in [0.717, 1.165) is 16.8 Å². The minimum Gasteiger partial charge on any atom is -0.493 e. The summed E-state index contributed by atoms with van der Waals surface area (Å²) < 4.78 is 17.9. The second-order valence-electron chi connectivity index (χ2n) is 9.60. The van der Waals surface area contributed by atoms with Crippen molar-refractivity contribution in [3.63, 3.8) is 0 Å². The van der Waals surface area contributed by atoms with Crippen LogP contribution in [0.3, 0.4) is 0 Å². The normalized spacial score (nSPS) is 20.7. The van der Waals surface area contributed by atoms with E-state index < -0.39 is 12.2 Å². The maximum Gasteiger partial charge on any atom is 1.00 e. The van der Waals surface area contributed by atoms with Crippen molar-refractivity contribution >= 4 is 23.2 Å². The van der Waals surface area contributed by atoms with Crippen molar-refractivity contribution in [1.29, 1.82) is 0 Å². The quantitative estimate of drug-likeness (QED) is 0.404. The molecule has 1 saturated heterocycles. The number of carbonyl (C=O) groups is 1. The number of para-hydroxylation sites is 1. The zero-order valence-corrected chi connectivity index (χ0v) is 23.8. The van der Waals surface area contributed by atoms with E-state index in [4.69, 9.17) is 25.8 Å². The molecule has 1 fully saturated rings. The summed E-state index contributed by atoms with van der Waals surface area (Å²) in [6, 6.07) is 11.2. The first-order chi connectivity index (χ1) is 16.2. The van der Waals surface area contributed by atoms with E-state index in [0.29, 0.717) is 29.5 Å². The summed E-state index contributed by atoms with van der Waals surface area (Å²) in [5, 5.41) is 0.559. The van der Waals surface area contributed by atoms with Crippen molar-refractivity contribution in [1.82, 2.24) is 21.9 Å². The summed E-state index contributed by atoms with van der Waals surface area (Å²) >= 11 is 6.45. The molecule has 0 aromatic heterocycles. The Balaban J connectivity index is 0.00000342. The van der Waals surface area contributed by atoms with Crippen LogP contribution >= 0.6 is 11.6 Å². The third-order valence-electron chi connectivity index (χ3n) is 5.76. The minimum atomic E-state index is -0.749. The molecular formula is C24H32ClN5NaO4+. The molecule has 2 aliphatic rings. The van der Waals surface area contributed by atoms with E-state index in [-0.39, 0.29) is 47.0 Å². The second kappa shape index (κ2) is 11.8. The molecule has 2 aromatic rings. The maximum absolute atomic E-state index is 13.9.